The molecule has 4 aromatic rings. The normalized spacial score (nSPS) is 14.5. The Morgan fingerprint density at radius 2 is 1.74 bits per heavy atom. The highest BCUT2D eigenvalue weighted by molar-refractivity contribution is 7.85. The van der Waals surface area contributed by atoms with Gasteiger partial charge in [0.15, 0.2) is 0 Å². The van der Waals surface area contributed by atoms with Crippen molar-refractivity contribution in [2.24, 2.45) is 0 Å². The summed E-state index contributed by atoms with van der Waals surface area (Å²) in [5.41, 5.74) is 11.9. The molecule has 216 valence electrons. The Labute approximate surface area is 253 Å². The average molecular weight is 599 g/mol. The molecular weight excluding hydrogens is 565 g/mol. The molecule has 0 saturated heterocycles. The monoisotopic (exact) mass is 598 g/mol. The van der Waals surface area contributed by atoms with Crippen LogP contribution in [0.5, 0.6) is 0 Å². The quantitative estimate of drug-likeness (QED) is 0.243. The molecule has 1 amide bonds. The van der Waals surface area contributed by atoms with E-state index in [1.54, 1.807) is 17.6 Å². The lowest BCUT2D eigenvalue weighted by atomic mass is 9.81. The second kappa shape index (κ2) is 11.2. The predicted octanol–water partition coefficient (Wildman–Crippen LogP) is 7.38. The number of carboxylic acids is 1. The summed E-state index contributed by atoms with van der Waals surface area (Å²) in [5.74, 6) is -0.994. The number of rotatable bonds is 6. The van der Waals surface area contributed by atoms with Crippen LogP contribution < -0.4 is 9.62 Å². The molecule has 2 heterocycles. The number of aryl methyl sites for hydroxylation is 2. The summed E-state index contributed by atoms with van der Waals surface area (Å²) in [6.07, 6.45) is 5.82. The van der Waals surface area contributed by atoms with Gasteiger partial charge in [-0.3, -0.25) is 13.9 Å². The summed E-state index contributed by atoms with van der Waals surface area (Å²) in [6, 6.07) is 14.1. The zero-order valence-electron chi connectivity index (χ0n) is 24.3. The van der Waals surface area contributed by atoms with Gasteiger partial charge < -0.3 is 10.4 Å². The van der Waals surface area contributed by atoms with Crippen LogP contribution in [0.3, 0.4) is 0 Å². The third kappa shape index (κ3) is 4.96. The van der Waals surface area contributed by atoms with Crippen molar-refractivity contribution in [2.75, 3.05) is 15.9 Å². The smallest absolute Gasteiger partial charge is 0.307 e. The maximum Gasteiger partial charge on any atom is 0.307 e. The van der Waals surface area contributed by atoms with E-state index in [-0.39, 0.29) is 12.3 Å². The molecule has 1 aliphatic carbocycles. The van der Waals surface area contributed by atoms with E-state index in [9.17, 15) is 18.9 Å². The van der Waals surface area contributed by atoms with Gasteiger partial charge in [0.2, 0.25) is 0 Å². The van der Waals surface area contributed by atoms with E-state index in [1.165, 1.54) is 16.9 Å². The number of carbonyl (C=O) groups is 2. The molecular formula is C34H34N2O4S2. The SMILES string of the molecule is Cc1ccc(-c2c(C)c3c(c(C)c2CC(=O)O)N(S(C)=O)Cc2cc(NC(=O)c4csc5c4CCCC5)ccc2-3)cc1. The molecule has 1 atom stereocenters. The van der Waals surface area contributed by atoms with Crippen LogP contribution in [-0.2, 0) is 41.6 Å². The Hall–Kier alpha value is -3.75. The van der Waals surface area contributed by atoms with Crippen molar-refractivity contribution in [3.05, 3.63) is 91.7 Å². The summed E-state index contributed by atoms with van der Waals surface area (Å²) in [7, 11) is -1.36. The van der Waals surface area contributed by atoms with E-state index in [2.05, 4.69) is 5.32 Å². The number of thiophene rings is 1. The highest BCUT2D eigenvalue weighted by Gasteiger charge is 2.32. The van der Waals surface area contributed by atoms with Crippen LogP contribution in [0, 0.1) is 20.8 Å². The van der Waals surface area contributed by atoms with Gasteiger partial charge in [0.1, 0.15) is 11.0 Å². The third-order valence-electron chi connectivity index (χ3n) is 8.58. The fourth-order valence-electron chi connectivity index (χ4n) is 6.55. The molecule has 2 aliphatic rings. The van der Waals surface area contributed by atoms with E-state index >= 15 is 0 Å². The molecule has 0 spiro atoms. The van der Waals surface area contributed by atoms with Gasteiger partial charge in [-0.1, -0.05) is 35.9 Å². The van der Waals surface area contributed by atoms with Crippen LogP contribution in [0.4, 0.5) is 11.4 Å². The van der Waals surface area contributed by atoms with Gasteiger partial charge in [-0.05, 0) is 103 Å². The Bertz CT molecular complexity index is 1770. The van der Waals surface area contributed by atoms with Gasteiger partial charge in [0.25, 0.3) is 5.91 Å². The number of hydrogen-bond donors (Lipinski definition) is 2. The number of nitrogens with zero attached hydrogens (tertiary/aromatic N) is 1. The number of nitrogens with one attached hydrogen (secondary N) is 1. The van der Waals surface area contributed by atoms with Crippen molar-refractivity contribution in [2.45, 2.75) is 59.4 Å². The first-order valence-corrected chi connectivity index (χ1v) is 16.6. The second-order valence-corrected chi connectivity index (χ2v) is 13.6. The molecule has 6 rings (SSSR count). The highest BCUT2D eigenvalue weighted by Crippen LogP contribution is 2.49. The molecule has 0 fully saturated rings. The van der Waals surface area contributed by atoms with Gasteiger partial charge in [-0.15, -0.1) is 11.3 Å². The van der Waals surface area contributed by atoms with E-state index < -0.39 is 17.0 Å². The maximum atomic E-state index is 13.3. The van der Waals surface area contributed by atoms with Gasteiger partial charge >= 0.3 is 5.97 Å². The largest absolute Gasteiger partial charge is 0.481 e. The van der Waals surface area contributed by atoms with E-state index in [1.807, 2.05) is 72.9 Å². The predicted molar refractivity (Wildman–Crippen MR) is 172 cm³/mol. The molecule has 1 aliphatic heterocycles. The summed E-state index contributed by atoms with van der Waals surface area (Å²) in [6.45, 7) is 6.38. The molecule has 1 aromatic heterocycles. The number of carbonyl (C=O) groups excluding carboxylic acids is 1. The van der Waals surface area contributed by atoms with Gasteiger partial charge in [-0.25, -0.2) is 4.21 Å². The van der Waals surface area contributed by atoms with Crippen molar-refractivity contribution in [1.82, 2.24) is 0 Å². The van der Waals surface area contributed by atoms with Crippen LogP contribution >= 0.6 is 11.3 Å². The van der Waals surface area contributed by atoms with Crippen LogP contribution in [-0.4, -0.2) is 27.4 Å². The number of benzene rings is 3. The molecule has 2 N–H and O–H groups in total. The van der Waals surface area contributed by atoms with Gasteiger partial charge in [0.05, 0.1) is 24.2 Å². The van der Waals surface area contributed by atoms with Gasteiger partial charge in [-0.2, -0.15) is 0 Å². The fraction of sp³-hybridized carbons (Fsp3) is 0.294. The minimum atomic E-state index is -1.36. The van der Waals surface area contributed by atoms with E-state index in [0.717, 1.165) is 80.6 Å². The summed E-state index contributed by atoms with van der Waals surface area (Å²) in [5, 5.41) is 15.0. The summed E-state index contributed by atoms with van der Waals surface area (Å²) in [4.78, 5) is 26.7. The number of amides is 1. The molecule has 42 heavy (non-hydrogen) atoms. The molecule has 1 unspecified atom stereocenters. The van der Waals surface area contributed by atoms with E-state index in [0.29, 0.717) is 12.2 Å². The van der Waals surface area contributed by atoms with Crippen molar-refractivity contribution in [3.63, 3.8) is 0 Å². The Morgan fingerprint density at radius 1 is 1.00 bits per heavy atom. The number of carboxylic acid groups (broad SMARTS) is 1. The topological polar surface area (TPSA) is 86.7 Å². The lowest BCUT2D eigenvalue weighted by Crippen LogP contribution is -2.30. The summed E-state index contributed by atoms with van der Waals surface area (Å²) >= 11 is 1.68. The Balaban J connectivity index is 1.48. The maximum absolute atomic E-state index is 13.3. The van der Waals surface area contributed by atoms with Crippen molar-refractivity contribution >= 4 is 45.6 Å². The fourth-order valence-corrected chi connectivity index (χ4v) is 8.49. The number of hydrogen-bond acceptors (Lipinski definition) is 4. The second-order valence-electron chi connectivity index (χ2n) is 11.3. The molecule has 0 bridgehead atoms. The Morgan fingerprint density at radius 3 is 2.45 bits per heavy atom. The average Bonchev–Trinajstić information content (AvgIpc) is 3.40. The molecule has 8 heteroatoms. The Kier molecular flexibility index (Phi) is 7.53. The zero-order valence-corrected chi connectivity index (χ0v) is 25.9. The van der Waals surface area contributed by atoms with Crippen molar-refractivity contribution in [1.29, 1.82) is 0 Å². The van der Waals surface area contributed by atoms with Crippen molar-refractivity contribution < 1.29 is 18.9 Å². The van der Waals surface area contributed by atoms with E-state index in [4.69, 9.17) is 0 Å². The lowest BCUT2D eigenvalue weighted by Gasteiger charge is -2.35. The number of fused-ring (bicyclic) bond motifs is 4. The van der Waals surface area contributed by atoms with Crippen LogP contribution in [0.1, 0.15) is 61.5 Å². The minimum Gasteiger partial charge on any atom is -0.481 e. The summed E-state index contributed by atoms with van der Waals surface area (Å²) < 4.78 is 15.0. The van der Waals surface area contributed by atoms with Crippen molar-refractivity contribution in [3.8, 4) is 22.3 Å². The first kappa shape index (κ1) is 28.4. The highest BCUT2D eigenvalue weighted by atomic mass is 32.2. The van der Waals surface area contributed by atoms with Crippen LogP contribution in [0.15, 0.2) is 47.8 Å². The zero-order chi connectivity index (χ0) is 29.7. The number of aliphatic carboxylic acids is 1. The lowest BCUT2D eigenvalue weighted by molar-refractivity contribution is -0.136. The van der Waals surface area contributed by atoms with Gasteiger partial charge in [0, 0.05) is 27.8 Å². The van der Waals surface area contributed by atoms with Crippen LogP contribution in [0.25, 0.3) is 22.3 Å². The first-order chi connectivity index (χ1) is 20.1. The standard InChI is InChI=1S/C34H34N2O4S2/c1-19-9-11-22(12-10-19)31-21(3)32-25-14-13-24(35-34(39)28-18-41-29-8-6-5-7-26(28)29)15-23(25)17-36(42(4)40)33(32)20(2)27(31)16-30(37)38/h9-15,18H,5-8,16-17H2,1-4H3,(H,35,39)(H,37,38). The first-order valence-electron chi connectivity index (χ1n) is 14.2. The molecule has 3 aromatic carbocycles. The third-order valence-corrected chi connectivity index (χ3v) is 10.6. The molecule has 0 saturated carbocycles. The molecule has 0 radical (unpaired) electrons. The molecule has 6 nitrogen and oxygen atoms in total. The minimum absolute atomic E-state index is 0.0894. The van der Waals surface area contributed by atoms with Crippen LogP contribution in [0.2, 0.25) is 0 Å². The number of anilines is 2.